The molecule has 2 aromatic rings. The van der Waals surface area contributed by atoms with Gasteiger partial charge in [-0.15, -0.1) is 0 Å². The van der Waals surface area contributed by atoms with Crippen LogP contribution in [0.25, 0.3) is 11.4 Å². The number of nitrogens with one attached hydrogen (secondary N) is 2. The van der Waals surface area contributed by atoms with E-state index in [1.807, 2.05) is 32.9 Å². The Kier molecular flexibility index (Phi) is 8.13. The molecule has 1 fully saturated rings. The summed E-state index contributed by atoms with van der Waals surface area (Å²) in [4.78, 5) is 38.5. The first-order valence-electron chi connectivity index (χ1n) is 12.6. The fourth-order valence-electron chi connectivity index (χ4n) is 4.33. The maximum absolute atomic E-state index is 12.8. The van der Waals surface area contributed by atoms with Crippen molar-refractivity contribution < 1.29 is 24.2 Å². The number of carbonyl (C=O) groups is 2. The summed E-state index contributed by atoms with van der Waals surface area (Å²) in [6, 6.07) is 7.05. The van der Waals surface area contributed by atoms with Crippen LogP contribution in [0.1, 0.15) is 39.0 Å². The van der Waals surface area contributed by atoms with E-state index in [9.17, 15) is 9.59 Å². The average Bonchev–Trinajstić information content (AvgIpc) is 2.86. The topological polar surface area (TPSA) is 129 Å². The molecular formula is C26H36N6O5. The SMILES string of the molecule is CC1COCCN1c1nc(-c2ccc(NC(=O)NCCO)cc2)nc2c1CN(C(=O)OC(C)(C)C)CC2. The van der Waals surface area contributed by atoms with E-state index in [0.717, 1.165) is 22.6 Å². The lowest BCUT2D eigenvalue weighted by molar-refractivity contribution is 0.0222. The number of ether oxygens (including phenoxy) is 2. The fraction of sp³-hybridized carbons (Fsp3) is 0.538. The number of aliphatic hydroxyl groups excluding tert-OH is 1. The zero-order chi connectivity index (χ0) is 26.6. The van der Waals surface area contributed by atoms with E-state index in [1.54, 1.807) is 17.0 Å². The monoisotopic (exact) mass is 512 g/mol. The van der Waals surface area contributed by atoms with Crippen molar-refractivity contribution in [1.29, 1.82) is 0 Å². The van der Waals surface area contributed by atoms with Gasteiger partial charge >= 0.3 is 12.1 Å². The summed E-state index contributed by atoms with van der Waals surface area (Å²) in [7, 11) is 0. The molecule has 1 aromatic heterocycles. The molecule has 0 saturated carbocycles. The highest BCUT2D eigenvalue weighted by Crippen LogP contribution is 2.32. The van der Waals surface area contributed by atoms with Crippen LogP contribution in [0.3, 0.4) is 0 Å². The van der Waals surface area contributed by atoms with Gasteiger partial charge in [-0.05, 0) is 52.0 Å². The second-order valence-corrected chi connectivity index (χ2v) is 10.2. The second-order valence-electron chi connectivity index (χ2n) is 10.2. The molecule has 2 aliphatic rings. The van der Waals surface area contributed by atoms with E-state index in [1.165, 1.54) is 0 Å². The fourth-order valence-corrected chi connectivity index (χ4v) is 4.33. The van der Waals surface area contributed by atoms with Gasteiger partial charge in [0.2, 0.25) is 0 Å². The highest BCUT2D eigenvalue weighted by molar-refractivity contribution is 5.89. The van der Waals surface area contributed by atoms with Crippen molar-refractivity contribution in [1.82, 2.24) is 20.2 Å². The van der Waals surface area contributed by atoms with Crippen LogP contribution in [0, 0.1) is 0 Å². The number of fused-ring (bicyclic) bond motifs is 1. The van der Waals surface area contributed by atoms with Crippen LogP contribution >= 0.6 is 0 Å². The number of amides is 3. The number of benzene rings is 1. The van der Waals surface area contributed by atoms with Crippen molar-refractivity contribution in [3.05, 3.63) is 35.5 Å². The lowest BCUT2D eigenvalue weighted by atomic mass is 10.0. The van der Waals surface area contributed by atoms with Crippen molar-refractivity contribution in [3.63, 3.8) is 0 Å². The van der Waals surface area contributed by atoms with Gasteiger partial charge in [0, 0.05) is 42.9 Å². The van der Waals surface area contributed by atoms with Crippen LogP contribution in [0.15, 0.2) is 24.3 Å². The number of hydrogen-bond acceptors (Lipinski definition) is 8. The second kappa shape index (κ2) is 11.3. The van der Waals surface area contributed by atoms with E-state index >= 15 is 0 Å². The number of urea groups is 1. The summed E-state index contributed by atoms with van der Waals surface area (Å²) < 4.78 is 11.3. The van der Waals surface area contributed by atoms with E-state index in [4.69, 9.17) is 24.5 Å². The summed E-state index contributed by atoms with van der Waals surface area (Å²) in [6.45, 7) is 10.5. The Morgan fingerprint density at radius 1 is 1.19 bits per heavy atom. The van der Waals surface area contributed by atoms with Gasteiger partial charge < -0.3 is 35.0 Å². The standard InChI is InChI=1S/C26H36N6O5/c1-17-16-36-14-12-32(17)23-20-15-31(25(35)37-26(2,3)4)11-9-21(20)29-22(30-23)18-5-7-19(8-6-18)28-24(34)27-10-13-33/h5-8,17,33H,9-16H2,1-4H3,(H2,27,28,34). The van der Waals surface area contributed by atoms with E-state index in [2.05, 4.69) is 22.5 Å². The molecule has 2 aliphatic heterocycles. The molecule has 1 saturated heterocycles. The Bertz CT molecular complexity index is 1120. The Morgan fingerprint density at radius 2 is 1.95 bits per heavy atom. The maximum Gasteiger partial charge on any atom is 0.410 e. The molecule has 0 aliphatic carbocycles. The predicted octanol–water partition coefficient (Wildman–Crippen LogP) is 2.78. The Labute approximate surface area is 217 Å². The predicted molar refractivity (Wildman–Crippen MR) is 140 cm³/mol. The number of nitrogens with zero attached hydrogens (tertiary/aromatic N) is 4. The molecule has 3 heterocycles. The van der Waals surface area contributed by atoms with Gasteiger partial charge in [-0.3, -0.25) is 0 Å². The highest BCUT2D eigenvalue weighted by atomic mass is 16.6. The lowest BCUT2D eigenvalue weighted by Gasteiger charge is -2.38. The van der Waals surface area contributed by atoms with Gasteiger partial charge in [0.1, 0.15) is 11.4 Å². The van der Waals surface area contributed by atoms with Crippen LogP contribution in [-0.2, 0) is 22.4 Å². The van der Waals surface area contributed by atoms with Gasteiger partial charge in [0.15, 0.2) is 5.82 Å². The minimum absolute atomic E-state index is 0.123. The van der Waals surface area contributed by atoms with Crippen molar-refractivity contribution in [2.75, 3.05) is 49.7 Å². The Morgan fingerprint density at radius 3 is 2.62 bits per heavy atom. The van der Waals surface area contributed by atoms with Gasteiger partial charge in [0.25, 0.3) is 0 Å². The molecule has 37 heavy (non-hydrogen) atoms. The minimum Gasteiger partial charge on any atom is -0.444 e. The van der Waals surface area contributed by atoms with Crippen molar-refractivity contribution in [3.8, 4) is 11.4 Å². The average molecular weight is 513 g/mol. The van der Waals surface area contributed by atoms with Crippen molar-refractivity contribution in [2.24, 2.45) is 0 Å². The third-order valence-corrected chi connectivity index (χ3v) is 6.13. The van der Waals surface area contributed by atoms with E-state index < -0.39 is 5.60 Å². The summed E-state index contributed by atoms with van der Waals surface area (Å²) in [5.74, 6) is 1.41. The minimum atomic E-state index is -0.570. The number of anilines is 2. The molecule has 1 atom stereocenters. The Balaban J connectivity index is 1.63. The molecule has 3 amide bonds. The molecule has 0 spiro atoms. The summed E-state index contributed by atoms with van der Waals surface area (Å²) in [5.41, 5.74) is 2.73. The zero-order valence-corrected chi connectivity index (χ0v) is 21.9. The van der Waals surface area contributed by atoms with Crippen LogP contribution < -0.4 is 15.5 Å². The maximum atomic E-state index is 12.8. The number of aromatic nitrogens is 2. The molecule has 4 rings (SSSR count). The van der Waals surface area contributed by atoms with Gasteiger partial charge in [-0.2, -0.15) is 0 Å². The summed E-state index contributed by atoms with van der Waals surface area (Å²) in [5, 5.41) is 14.1. The molecule has 0 radical (unpaired) electrons. The largest absolute Gasteiger partial charge is 0.444 e. The smallest absolute Gasteiger partial charge is 0.410 e. The number of hydrogen-bond donors (Lipinski definition) is 3. The van der Waals surface area contributed by atoms with Crippen LogP contribution in [0.4, 0.5) is 21.1 Å². The van der Waals surface area contributed by atoms with Gasteiger partial charge in [-0.25, -0.2) is 19.6 Å². The van der Waals surface area contributed by atoms with Gasteiger partial charge in [0.05, 0.1) is 38.1 Å². The van der Waals surface area contributed by atoms with E-state index in [0.29, 0.717) is 50.8 Å². The van der Waals surface area contributed by atoms with Crippen LogP contribution in [0.5, 0.6) is 0 Å². The van der Waals surface area contributed by atoms with Gasteiger partial charge in [-0.1, -0.05) is 0 Å². The molecular weight excluding hydrogens is 476 g/mol. The molecule has 1 unspecified atom stereocenters. The van der Waals surface area contributed by atoms with Crippen molar-refractivity contribution >= 4 is 23.6 Å². The molecule has 1 aromatic carbocycles. The third kappa shape index (κ3) is 6.66. The third-order valence-electron chi connectivity index (χ3n) is 6.13. The first-order chi connectivity index (χ1) is 17.6. The normalized spacial score (nSPS) is 17.7. The highest BCUT2D eigenvalue weighted by Gasteiger charge is 2.32. The Hall–Kier alpha value is -3.44. The number of aliphatic hydroxyl groups is 1. The van der Waals surface area contributed by atoms with E-state index in [-0.39, 0.29) is 31.3 Å². The number of rotatable bonds is 5. The number of carbonyl (C=O) groups excluding carboxylic acids is 2. The van der Waals surface area contributed by atoms with Crippen molar-refractivity contribution in [2.45, 2.75) is 52.3 Å². The first kappa shape index (κ1) is 26.6. The summed E-state index contributed by atoms with van der Waals surface area (Å²) >= 11 is 0. The quantitative estimate of drug-likeness (QED) is 0.558. The molecule has 11 nitrogen and oxygen atoms in total. The molecule has 200 valence electrons. The molecule has 11 heteroatoms. The first-order valence-corrected chi connectivity index (χ1v) is 12.6. The number of morpholine rings is 1. The molecule has 3 N–H and O–H groups in total. The zero-order valence-electron chi connectivity index (χ0n) is 21.9. The molecule has 0 bridgehead atoms. The summed E-state index contributed by atoms with van der Waals surface area (Å²) in [6.07, 6.45) is 0.259. The lowest BCUT2D eigenvalue weighted by Crippen LogP contribution is -2.46. The van der Waals surface area contributed by atoms with Crippen LogP contribution in [0.2, 0.25) is 0 Å². The van der Waals surface area contributed by atoms with Crippen LogP contribution in [-0.4, -0.2) is 83.2 Å².